The lowest BCUT2D eigenvalue weighted by Crippen LogP contribution is -2.11. The van der Waals surface area contributed by atoms with Crippen LogP contribution in [0.4, 0.5) is 0 Å². The normalized spacial score (nSPS) is 12.1. The molecule has 5 nitrogen and oxygen atoms in total. The lowest BCUT2D eigenvalue weighted by molar-refractivity contribution is 0.0679. The maximum atomic E-state index is 10.9. The second-order valence-electron chi connectivity index (χ2n) is 3.54. The van der Waals surface area contributed by atoms with Gasteiger partial charge in [0.2, 0.25) is 0 Å². The van der Waals surface area contributed by atoms with Gasteiger partial charge in [-0.05, 0) is 37.1 Å². The highest BCUT2D eigenvalue weighted by Crippen LogP contribution is 2.14. The molecule has 0 saturated heterocycles. The summed E-state index contributed by atoms with van der Waals surface area (Å²) >= 11 is 0. The van der Waals surface area contributed by atoms with Gasteiger partial charge in [-0.15, -0.1) is 0 Å². The Balaban J connectivity index is 3.21. The lowest BCUT2D eigenvalue weighted by Gasteiger charge is -2.09. The third kappa shape index (κ3) is 2.80. The number of hydrogen-bond donors (Lipinski definition) is 3. The molecule has 0 radical (unpaired) electrons. The van der Waals surface area contributed by atoms with E-state index in [0.717, 1.165) is 0 Å². The van der Waals surface area contributed by atoms with Crippen molar-refractivity contribution in [3.8, 4) is 0 Å². The number of carbonyl (C=O) groups is 2. The zero-order chi connectivity index (χ0) is 12.3. The molecule has 16 heavy (non-hydrogen) atoms. The van der Waals surface area contributed by atoms with E-state index in [4.69, 9.17) is 10.2 Å². The van der Waals surface area contributed by atoms with Crippen LogP contribution in [0.1, 0.15) is 33.2 Å². The molecule has 0 aromatic heterocycles. The lowest BCUT2D eigenvalue weighted by atomic mass is 9.99. The molecule has 0 saturated carbocycles. The molecular weight excluding hydrogens is 212 g/mol. The van der Waals surface area contributed by atoms with Crippen molar-refractivity contribution < 1.29 is 24.9 Å². The van der Waals surface area contributed by atoms with Crippen LogP contribution in [-0.2, 0) is 6.42 Å². The van der Waals surface area contributed by atoms with E-state index < -0.39 is 18.0 Å². The van der Waals surface area contributed by atoms with Crippen LogP contribution in [0, 0.1) is 0 Å². The van der Waals surface area contributed by atoms with Crippen molar-refractivity contribution in [2.24, 2.45) is 0 Å². The highest BCUT2D eigenvalue weighted by atomic mass is 16.4. The number of carboxylic acid groups (broad SMARTS) is 2. The highest BCUT2D eigenvalue weighted by Gasteiger charge is 2.14. The van der Waals surface area contributed by atoms with Gasteiger partial charge < -0.3 is 15.3 Å². The van der Waals surface area contributed by atoms with E-state index in [0.29, 0.717) is 5.56 Å². The molecule has 1 aromatic rings. The molecule has 0 aliphatic carbocycles. The molecule has 0 fully saturated rings. The van der Waals surface area contributed by atoms with E-state index in [2.05, 4.69) is 0 Å². The Morgan fingerprint density at radius 1 is 1.25 bits per heavy atom. The maximum absolute atomic E-state index is 10.9. The van der Waals surface area contributed by atoms with Gasteiger partial charge in [0.25, 0.3) is 0 Å². The van der Waals surface area contributed by atoms with Crippen molar-refractivity contribution in [2.75, 3.05) is 0 Å². The molecule has 1 unspecified atom stereocenters. The van der Waals surface area contributed by atoms with Crippen molar-refractivity contribution >= 4 is 11.9 Å². The summed E-state index contributed by atoms with van der Waals surface area (Å²) in [7, 11) is 0. The summed E-state index contributed by atoms with van der Waals surface area (Å²) in [6, 6.07) is 3.75. The Labute approximate surface area is 92.0 Å². The third-order valence-corrected chi connectivity index (χ3v) is 2.10. The van der Waals surface area contributed by atoms with Crippen LogP contribution in [-0.4, -0.2) is 33.4 Å². The van der Waals surface area contributed by atoms with Gasteiger partial charge in [-0.3, -0.25) is 0 Å². The summed E-state index contributed by atoms with van der Waals surface area (Å²) in [4.78, 5) is 21.6. The zero-order valence-electron chi connectivity index (χ0n) is 8.67. The smallest absolute Gasteiger partial charge is 0.335 e. The van der Waals surface area contributed by atoms with E-state index in [1.165, 1.54) is 25.1 Å². The summed E-state index contributed by atoms with van der Waals surface area (Å²) < 4.78 is 0. The first-order chi connectivity index (χ1) is 7.41. The van der Waals surface area contributed by atoms with E-state index >= 15 is 0 Å². The molecule has 1 aromatic carbocycles. The molecule has 1 rings (SSSR count). The summed E-state index contributed by atoms with van der Waals surface area (Å²) in [5.41, 5.74) is 0.356. The van der Waals surface area contributed by atoms with Crippen LogP contribution in [0.15, 0.2) is 18.2 Å². The topological polar surface area (TPSA) is 94.8 Å². The Hall–Kier alpha value is -1.88. The predicted octanol–water partition coefficient (Wildman–Crippen LogP) is 1.01. The minimum Gasteiger partial charge on any atom is -0.478 e. The number of hydrogen-bond acceptors (Lipinski definition) is 3. The quantitative estimate of drug-likeness (QED) is 0.709. The predicted molar refractivity (Wildman–Crippen MR) is 55.7 cm³/mol. The first-order valence-corrected chi connectivity index (χ1v) is 4.69. The van der Waals surface area contributed by atoms with Crippen molar-refractivity contribution in [3.05, 3.63) is 34.9 Å². The van der Waals surface area contributed by atoms with Gasteiger partial charge in [0.15, 0.2) is 0 Å². The Morgan fingerprint density at radius 2 is 1.88 bits per heavy atom. The third-order valence-electron chi connectivity index (χ3n) is 2.10. The first-order valence-electron chi connectivity index (χ1n) is 4.69. The fraction of sp³-hybridized carbons (Fsp3) is 0.273. The standard InChI is InChI=1S/C11H12O5/c1-6(12)4-8-5-7(10(13)14)2-3-9(8)11(15)16/h2-3,5-6,12H,4H2,1H3,(H,13,14)(H,15,16). The van der Waals surface area contributed by atoms with Crippen molar-refractivity contribution in [1.82, 2.24) is 0 Å². The van der Waals surface area contributed by atoms with Crippen LogP contribution < -0.4 is 0 Å². The summed E-state index contributed by atoms with van der Waals surface area (Å²) in [5, 5.41) is 26.8. The molecule has 0 heterocycles. The van der Waals surface area contributed by atoms with Gasteiger partial charge in [-0.1, -0.05) is 0 Å². The number of benzene rings is 1. The van der Waals surface area contributed by atoms with Gasteiger partial charge in [0.1, 0.15) is 0 Å². The molecule has 3 N–H and O–H groups in total. The van der Waals surface area contributed by atoms with Crippen LogP contribution in [0.3, 0.4) is 0 Å². The summed E-state index contributed by atoms with van der Waals surface area (Å²) in [6.45, 7) is 1.51. The maximum Gasteiger partial charge on any atom is 0.335 e. The Bertz CT molecular complexity index is 422. The highest BCUT2D eigenvalue weighted by molar-refractivity contribution is 5.93. The average Bonchev–Trinajstić information content (AvgIpc) is 2.15. The summed E-state index contributed by atoms with van der Waals surface area (Å²) in [6.07, 6.45) is -0.606. The SMILES string of the molecule is CC(O)Cc1cc(C(=O)O)ccc1C(=O)O. The van der Waals surface area contributed by atoms with E-state index in [9.17, 15) is 14.7 Å². The Morgan fingerprint density at radius 3 is 2.31 bits per heavy atom. The van der Waals surface area contributed by atoms with Crippen LogP contribution >= 0.6 is 0 Å². The number of carboxylic acids is 2. The fourth-order valence-electron chi connectivity index (χ4n) is 1.42. The number of rotatable bonds is 4. The molecule has 0 amide bonds. The second kappa shape index (κ2) is 4.76. The van der Waals surface area contributed by atoms with Gasteiger partial charge in [-0.25, -0.2) is 9.59 Å². The zero-order valence-corrected chi connectivity index (χ0v) is 8.67. The molecule has 5 heteroatoms. The molecule has 0 spiro atoms. The second-order valence-corrected chi connectivity index (χ2v) is 3.54. The van der Waals surface area contributed by atoms with Crippen LogP contribution in [0.5, 0.6) is 0 Å². The van der Waals surface area contributed by atoms with E-state index in [1.54, 1.807) is 0 Å². The minimum absolute atomic E-state index is 0.0145. The largest absolute Gasteiger partial charge is 0.478 e. The van der Waals surface area contributed by atoms with Crippen molar-refractivity contribution in [3.63, 3.8) is 0 Å². The van der Waals surface area contributed by atoms with Gasteiger partial charge in [-0.2, -0.15) is 0 Å². The molecule has 0 bridgehead atoms. The fourth-order valence-corrected chi connectivity index (χ4v) is 1.42. The van der Waals surface area contributed by atoms with Crippen LogP contribution in [0.2, 0.25) is 0 Å². The number of aliphatic hydroxyl groups excluding tert-OH is 1. The average molecular weight is 224 g/mol. The van der Waals surface area contributed by atoms with Crippen molar-refractivity contribution in [1.29, 1.82) is 0 Å². The number of aromatic carboxylic acids is 2. The monoisotopic (exact) mass is 224 g/mol. The molecule has 1 atom stereocenters. The molecular formula is C11H12O5. The van der Waals surface area contributed by atoms with Crippen LogP contribution in [0.25, 0.3) is 0 Å². The molecule has 0 aliphatic heterocycles. The Kier molecular flexibility index (Phi) is 3.63. The van der Waals surface area contributed by atoms with E-state index in [-0.39, 0.29) is 17.5 Å². The molecule has 0 aliphatic rings. The minimum atomic E-state index is -1.13. The molecule has 86 valence electrons. The summed E-state index contributed by atoms with van der Waals surface area (Å²) in [5.74, 6) is -2.25. The van der Waals surface area contributed by atoms with Gasteiger partial charge in [0.05, 0.1) is 17.2 Å². The first kappa shape index (κ1) is 12.2. The van der Waals surface area contributed by atoms with Crippen molar-refractivity contribution in [2.45, 2.75) is 19.4 Å². The number of aliphatic hydroxyl groups is 1. The van der Waals surface area contributed by atoms with Gasteiger partial charge >= 0.3 is 11.9 Å². The van der Waals surface area contributed by atoms with E-state index in [1.807, 2.05) is 0 Å². The van der Waals surface area contributed by atoms with Gasteiger partial charge in [0, 0.05) is 0 Å².